The molecule has 0 saturated heterocycles. The van der Waals surface area contributed by atoms with Crippen LogP contribution in [0.1, 0.15) is 12.7 Å². The van der Waals surface area contributed by atoms with Crippen molar-refractivity contribution >= 4 is 35.0 Å². The molecule has 0 atom stereocenters. The van der Waals surface area contributed by atoms with E-state index in [0.29, 0.717) is 17.5 Å². The van der Waals surface area contributed by atoms with E-state index in [4.69, 9.17) is 0 Å². The molecule has 1 heterocycles. The fourth-order valence-corrected chi connectivity index (χ4v) is 3.51. The Bertz CT molecular complexity index is 1110. The summed E-state index contributed by atoms with van der Waals surface area (Å²) in [7, 11) is 0. The molecule has 11 heteroatoms. The van der Waals surface area contributed by atoms with Gasteiger partial charge in [0, 0.05) is 12.6 Å². The van der Waals surface area contributed by atoms with Gasteiger partial charge in [0.05, 0.1) is 23.5 Å². The van der Waals surface area contributed by atoms with Gasteiger partial charge in [-0.05, 0) is 31.2 Å². The number of rotatable bonds is 8. The van der Waals surface area contributed by atoms with Gasteiger partial charge in [0.1, 0.15) is 23.3 Å². The Kier molecular flexibility index (Phi) is 7.29. The molecule has 2 N–H and O–H groups in total. The number of nitrogens with zero attached hydrogens (tertiary/aromatic N) is 3. The van der Waals surface area contributed by atoms with E-state index in [1.807, 2.05) is 6.92 Å². The van der Waals surface area contributed by atoms with E-state index in [1.165, 1.54) is 18.2 Å². The number of anilines is 2. The molecule has 31 heavy (non-hydrogen) atoms. The third-order valence-electron chi connectivity index (χ3n) is 4.11. The Hall–Kier alpha value is -3.34. The lowest BCUT2D eigenvalue weighted by Gasteiger charge is -2.09. The number of carbonyl (C=O) groups excluding carboxylic acids is 2. The number of amides is 2. The van der Waals surface area contributed by atoms with Crippen molar-refractivity contribution in [3.8, 4) is 0 Å². The van der Waals surface area contributed by atoms with E-state index >= 15 is 0 Å². The molecule has 0 fully saturated rings. The maximum absolute atomic E-state index is 13.7. The van der Waals surface area contributed by atoms with Crippen LogP contribution in [0.2, 0.25) is 0 Å². The molecule has 7 nitrogen and oxygen atoms in total. The molecule has 2 amide bonds. The molecule has 3 aromatic rings. The molecule has 0 aliphatic carbocycles. The zero-order chi connectivity index (χ0) is 22.4. The lowest BCUT2D eigenvalue weighted by atomic mass is 10.3. The highest BCUT2D eigenvalue weighted by atomic mass is 32.2. The van der Waals surface area contributed by atoms with Gasteiger partial charge in [0.25, 0.3) is 0 Å². The van der Waals surface area contributed by atoms with E-state index in [1.54, 1.807) is 10.6 Å². The topological polar surface area (TPSA) is 88.9 Å². The molecule has 0 radical (unpaired) electrons. The molecule has 0 aliphatic heterocycles. The summed E-state index contributed by atoms with van der Waals surface area (Å²) < 4.78 is 42.2. The minimum atomic E-state index is -0.750. The minimum Gasteiger partial charge on any atom is -0.323 e. The Labute approximate surface area is 180 Å². The van der Waals surface area contributed by atoms with Gasteiger partial charge in [0.15, 0.2) is 5.16 Å². The van der Waals surface area contributed by atoms with Crippen molar-refractivity contribution in [2.75, 3.05) is 16.4 Å². The van der Waals surface area contributed by atoms with Gasteiger partial charge in [-0.25, -0.2) is 13.2 Å². The fraction of sp³-hybridized carbons (Fsp3) is 0.200. The molecule has 2 aromatic carbocycles. The van der Waals surface area contributed by atoms with Crippen molar-refractivity contribution in [2.24, 2.45) is 0 Å². The van der Waals surface area contributed by atoms with Crippen LogP contribution in [0.15, 0.2) is 47.6 Å². The average molecular weight is 449 g/mol. The van der Waals surface area contributed by atoms with Gasteiger partial charge in [0.2, 0.25) is 11.8 Å². The number of thioether (sulfide) groups is 1. The quantitative estimate of drug-likeness (QED) is 0.513. The second kappa shape index (κ2) is 10.1. The SMILES string of the molecule is CCn1c(CC(=O)Nc2ccccc2F)nnc1SCC(=O)Nc1cc(F)ccc1F. The predicted molar refractivity (Wildman–Crippen MR) is 110 cm³/mol. The molecule has 0 aliphatic rings. The molecule has 162 valence electrons. The lowest BCUT2D eigenvalue weighted by molar-refractivity contribution is -0.116. The Morgan fingerprint density at radius 2 is 1.68 bits per heavy atom. The number of nitrogens with one attached hydrogen (secondary N) is 2. The number of halogens is 3. The summed E-state index contributed by atoms with van der Waals surface area (Å²) in [6.07, 6.45) is -0.142. The highest BCUT2D eigenvalue weighted by molar-refractivity contribution is 7.99. The molecular formula is C20H18F3N5O2S. The van der Waals surface area contributed by atoms with Crippen molar-refractivity contribution in [3.05, 3.63) is 65.7 Å². The summed E-state index contributed by atoms with van der Waals surface area (Å²) in [5.74, 6) is -2.79. The molecule has 0 saturated carbocycles. The summed E-state index contributed by atoms with van der Waals surface area (Å²) in [5, 5.41) is 13.1. The molecule has 0 spiro atoms. The minimum absolute atomic E-state index is 0.0610. The standard InChI is InChI=1S/C20H18F3N5O2S/c1-2-28-17(10-18(29)24-15-6-4-3-5-13(15)22)26-27-20(28)31-11-19(30)25-16-9-12(21)7-8-14(16)23/h3-9H,2,10-11H2,1H3,(H,24,29)(H,25,30). The molecular weight excluding hydrogens is 431 g/mol. The van der Waals surface area contributed by atoms with Crippen LogP contribution < -0.4 is 10.6 Å². The van der Waals surface area contributed by atoms with Crippen LogP contribution in [0, 0.1) is 17.5 Å². The second-order valence-corrected chi connectivity index (χ2v) is 7.25. The number of benzene rings is 2. The molecule has 0 bridgehead atoms. The van der Waals surface area contributed by atoms with Gasteiger partial charge in [-0.15, -0.1) is 10.2 Å². The highest BCUT2D eigenvalue weighted by Gasteiger charge is 2.17. The number of carbonyl (C=O) groups is 2. The molecule has 1 aromatic heterocycles. The number of aromatic nitrogens is 3. The molecule has 0 unspecified atom stereocenters. The third kappa shape index (κ3) is 5.85. The number of hydrogen-bond acceptors (Lipinski definition) is 5. The van der Waals surface area contributed by atoms with Crippen LogP contribution in [-0.2, 0) is 22.6 Å². The first kappa shape index (κ1) is 22.3. The first-order chi connectivity index (χ1) is 14.9. The first-order valence-electron chi connectivity index (χ1n) is 9.21. The largest absolute Gasteiger partial charge is 0.323 e. The van der Waals surface area contributed by atoms with Crippen molar-refractivity contribution in [1.82, 2.24) is 14.8 Å². The summed E-state index contributed by atoms with van der Waals surface area (Å²) >= 11 is 1.03. The van der Waals surface area contributed by atoms with Gasteiger partial charge < -0.3 is 15.2 Å². The summed E-state index contributed by atoms with van der Waals surface area (Å²) in [6, 6.07) is 8.55. The summed E-state index contributed by atoms with van der Waals surface area (Å²) in [5.41, 5.74) is -0.195. The maximum atomic E-state index is 13.7. The predicted octanol–water partition coefficient (Wildman–Crippen LogP) is 3.63. The normalized spacial score (nSPS) is 10.7. The van der Waals surface area contributed by atoms with Crippen LogP contribution in [0.25, 0.3) is 0 Å². The summed E-state index contributed by atoms with van der Waals surface area (Å²) in [4.78, 5) is 24.3. The van der Waals surface area contributed by atoms with Gasteiger partial charge in [-0.1, -0.05) is 23.9 Å². The van der Waals surface area contributed by atoms with Gasteiger partial charge in [-0.2, -0.15) is 0 Å². The van der Waals surface area contributed by atoms with Crippen LogP contribution in [0.3, 0.4) is 0 Å². The van der Waals surface area contributed by atoms with Crippen LogP contribution in [0.5, 0.6) is 0 Å². The van der Waals surface area contributed by atoms with E-state index in [-0.39, 0.29) is 23.5 Å². The van der Waals surface area contributed by atoms with Crippen LogP contribution in [-0.4, -0.2) is 32.3 Å². The van der Waals surface area contributed by atoms with Crippen LogP contribution >= 0.6 is 11.8 Å². The second-order valence-electron chi connectivity index (χ2n) is 6.31. The third-order valence-corrected chi connectivity index (χ3v) is 5.08. The summed E-state index contributed by atoms with van der Waals surface area (Å²) in [6.45, 7) is 2.24. The monoisotopic (exact) mass is 449 g/mol. The van der Waals surface area contributed by atoms with E-state index in [9.17, 15) is 22.8 Å². The Morgan fingerprint density at radius 1 is 0.968 bits per heavy atom. The van der Waals surface area contributed by atoms with Gasteiger partial charge >= 0.3 is 0 Å². The Balaban J connectivity index is 1.60. The van der Waals surface area contributed by atoms with Crippen molar-refractivity contribution < 1.29 is 22.8 Å². The Morgan fingerprint density at radius 3 is 2.42 bits per heavy atom. The van der Waals surface area contributed by atoms with Crippen molar-refractivity contribution in [1.29, 1.82) is 0 Å². The van der Waals surface area contributed by atoms with Gasteiger partial charge in [-0.3, -0.25) is 9.59 Å². The maximum Gasteiger partial charge on any atom is 0.234 e. The number of hydrogen-bond donors (Lipinski definition) is 2. The smallest absolute Gasteiger partial charge is 0.234 e. The van der Waals surface area contributed by atoms with E-state index in [2.05, 4.69) is 20.8 Å². The lowest BCUT2D eigenvalue weighted by Crippen LogP contribution is -2.18. The van der Waals surface area contributed by atoms with Crippen molar-refractivity contribution in [3.63, 3.8) is 0 Å². The zero-order valence-corrected chi connectivity index (χ0v) is 17.2. The first-order valence-corrected chi connectivity index (χ1v) is 10.2. The highest BCUT2D eigenvalue weighted by Crippen LogP contribution is 2.20. The van der Waals surface area contributed by atoms with E-state index in [0.717, 1.165) is 30.0 Å². The average Bonchev–Trinajstić information content (AvgIpc) is 3.12. The number of para-hydroxylation sites is 1. The molecule has 3 rings (SSSR count). The van der Waals surface area contributed by atoms with Crippen LogP contribution in [0.4, 0.5) is 24.5 Å². The van der Waals surface area contributed by atoms with Crippen molar-refractivity contribution in [2.45, 2.75) is 25.0 Å². The fourth-order valence-electron chi connectivity index (χ4n) is 2.68. The zero-order valence-electron chi connectivity index (χ0n) is 16.4. The van der Waals surface area contributed by atoms with E-state index < -0.39 is 29.3 Å².